The van der Waals surface area contributed by atoms with Crippen molar-refractivity contribution in [2.24, 2.45) is 11.3 Å². The Labute approximate surface area is 210 Å². The SMILES string of the molecule is C=C(C(=O)N1C[C@H]2[C@@H]3O[C@@](c4ccccc4)(c4ccccc43)[C@@]2(C(=O)OC)C1)c1ccccc1OC. The summed E-state index contributed by atoms with van der Waals surface area (Å²) in [5.41, 5.74) is 1.70. The molecule has 36 heavy (non-hydrogen) atoms. The number of hydrogen-bond acceptors (Lipinski definition) is 5. The second-order valence-corrected chi connectivity index (χ2v) is 9.61. The summed E-state index contributed by atoms with van der Waals surface area (Å²) in [6, 6.07) is 25.2. The zero-order chi connectivity index (χ0) is 25.1. The fourth-order valence-electron chi connectivity index (χ4n) is 6.68. The van der Waals surface area contributed by atoms with Crippen LogP contribution >= 0.6 is 0 Å². The highest BCUT2D eigenvalue weighted by molar-refractivity contribution is 6.19. The lowest BCUT2D eigenvalue weighted by Crippen LogP contribution is -2.54. The topological polar surface area (TPSA) is 65.1 Å². The van der Waals surface area contributed by atoms with E-state index in [1.54, 1.807) is 18.1 Å². The lowest BCUT2D eigenvalue weighted by atomic mass is 9.57. The average molecular weight is 482 g/mol. The maximum atomic E-state index is 13.8. The van der Waals surface area contributed by atoms with E-state index in [1.807, 2.05) is 66.7 Å². The Morgan fingerprint density at radius 3 is 2.42 bits per heavy atom. The Kier molecular flexibility index (Phi) is 5.05. The molecule has 2 bridgehead atoms. The maximum Gasteiger partial charge on any atom is 0.317 e. The predicted octanol–water partition coefficient (Wildman–Crippen LogP) is 4.35. The molecule has 6 heteroatoms. The van der Waals surface area contributed by atoms with Crippen LogP contribution in [-0.4, -0.2) is 44.1 Å². The summed E-state index contributed by atoms with van der Waals surface area (Å²) in [6.07, 6.45) is -0.335. The molecule has 3 aromatic rings. The lowest BCUT2D eigenvalue weighted by molar-refractivity contribution is -0.163. The first-order chi connectivity index (χ1) is 17.5. The van der Waals surface area contributed by atoms with Gasteiger partial charge in [0.2, 0.25) is 0 Å². The molecule has 1 amide bonds. The van der Waals surface area contributed by atoms with E-state index in [9.17, 15) is 9.59 Å². The molecule has 4 atom stereocenters. The number of rotatable bonds is 5. The Bertz CT molecular complexity index is 1380. The van der Waals surface area contributed by atoms with Gasteiger partial charge in [-0.3, -0.25) is 9.59 Å². The Morgan fingerprint density at radius 2 is 1.67 bits per heavy atom. The minimum atomic E-state index is -1.10. The maximum absolute atomic E-state index is 13.8. The Balaban J connectivity index is 1.49. The molecule has 0 aromatic heterocycles. The van der Waals surface area contributed by atoms with Crippen molar-refractivity contribution in [3.8, 4) is 5.75 Å². The third-order valence-corrected chi connectivity index (χ3v) is 8.14. The molecule has 3 heterocycles. The van der Waals surface area contributed by atoms with Crippen molar-refractivity contribution in [2.45, 2.75) is 11.7 Å². The molecular formula is C30H27NO5. The number of para-hydroxylation sites is 1. The number of likely N-dealkylation sites (tertiary alicyclic amines) is 1. The van der Waals surface area contributed by atoms with Gasteiger partial charge in [0.05, 0.1) is 20.3 Å². The molecule has 0 aliphatic carbocycles. The van der Waals surface area contributed by atoms with Crippen LogP contribution in [0.5, 0.6) is 5.75 Å². The molecule has 0 spiro atoms. The molecule has 3 aliphatic heterocycles. The van der Waals surface area contributed by atoms with E-state index in [0.717, 1.165) is 16.7 Å². The van der Waals surface area contributed by atoms with Crippen LogP contribution in [0.4, 0.5) is 0 Å². The number of hydrogen-bond donors (Lipinski definition) is 0. The number of methoxy groups -OCH3 is 2. The minimum absolute atomic E-state index is 0.164. The average Bonchev–Trinajstić information content (AvgIpc) is 3.59. The van der Waals surface area contributed by atoms with Crippen LogP contribution in [0.2, 0.25) is 0 Å². The molecule has 0 N–H and O–H groups in total. The van der Waals surface area contributed by atoms with E-state index in [1.165, 1.54) is 7.11 Å². The van der Waals surface area contributed by atoms with Gasteiger partial charge in [-0.1, -0.05) is 79.4 Å². The summed E-state index contributed by atoms with van der Waals surface area (Å²) in [4.78, 5) is 29.4. The highest BCUT2D eigenvalue weighted by Gasteiger charge is 2.78. The van der Waals surface area contributed by atoms with Crippen LogP contribution < -0.4 is 4.74 Å². The standard InChI is InChI=1S/C30H27NO5/c1-19(21-13-8-10-16-25(21)34-2)27(32)31-17-24-26-22-14-7-9-15-23(22)30(36-26,20-11-5-4-6-12-20)29(24,18-31)28(33)35-3/h4-16,24,26H,1,17-18H2,2-3H3/t24-,26+,29-,30-/m0/s1. The van der Waals surface area contributed by atoms with Gasteiger partial charge in [0.15, 0.2) is 0 Å². The van der Waals surface area contributed by atoms with Crippen LogP contribution in [0.15, 0.2) is 85.4 Å². The fourth-order valence-corrected chi connectivity index (χ4v) is 6.68. The van der Waals surface area contributed by atoms with Gasteiger partial charge in [0.1, 0.15) is 16.8 Å². The molecule has 3 aliphatic rings. The second-order valence-electron chi connectivity index (χ2n) is 9.61. The Hall–Kier alpha value is -3.90. The van der Waals surface area contributed by atoms with E-state index >= 15 is 0 Å². The van der Waals surface area contributed by atoms with Gasteiger partial charge in [0.25, 0.3) is 5.91 Å². The van der Waals surface area contributed by atoms with Crippen molar-refractivity contribution in [1.29, 1.82) is 0 Å². The number of carbonyl (C=O) groups is 2. The zero-order valence-corrected chi connectivity index (χ0v) is 20.3. The number of fused-ring (bicyclic) bond motifs is 8. The molecule has 2 saturated heterocycles. The fraction of sp³-hybridized carbons (Fsp3) is 0.267. The van der Waals surface area contributed by atoms with Crippen LogP contribution in [0.3, 0.4) is 0 Å². The van der Waals surface area contributed by atoms with Crippen molar-refractivity contribution in [2.75, 3.05) is 27.3 Å². The van der Waals surface area contributed by atoms with Crippen LogP contribution in [0.1, 0.15) is 28.4 Å². The van der Waals surface area contributed by atoms with Crippen molar-refractivity contribution in [3.05, 3.63) is 108 Å². The third-order valence-electron chi connectivity index (χ3n) is 8.14. The normalized spacial score (nSPS) is 27.3. The van der Waals surface area contributed by atoms with Crippen molar-refractivity contribution < 1.29 is 23.8 Å². The summed E-state index contributed by atoms with van der Waals surface area (Å²) in [7, 11) is 2.97. The number of nitrogens with zero attached hydrogens (tertiary/aromatic N) is 1. The van der Waals surface area contributed by atoms with E-state index in [4.69, 9.17) is 14.2 Å². The monoisotopic (exact) mass is 481 g/mol. The molecule has 6 rings (SSSR count). The number of carbonyl (C=O) groups excluding carboxylic acids is 2. The van der Waals surface area contributed by atoms with Gasteiger partial charge in [-0.15, -0.1) is 0 Å². The zero-order valence-electron chi connectivity index (χ0n) is 20.3. The molecule has 0 radical (unpaired) electrons. The number of benzene rings is 3. The first kappa shape index (κ1) is 22.6. The third kappa shape index (κ3) is 2.70. The van der Waals surface area contributed by atoms with Crippen molar-refractivity contribution in [3.63, 3.8) is 0 Å². The van der Waals surface area contributed by atoms with Gasteiger partial charge >= 0.3 is 5.97 Å². The van der Waals surface area contributed by atoms with Gasteiger partial charge in [-0.05, 0) is 22.8 Å². The largest absolute Gasteiger partial charge is 0.496 e. The van der Waals surface area contributed by atoms with E-state index in [2.05, 4.69) is 12.6 Å². The molecule has 2 fully saturated rings. The highest BCUT2D eigenvalue weighted by atomic mass is 16.6. The van der Waals surface area contributed by atoms with E-state index in [0.29, 0.717) is 23.4 Å². The van der Waals surface area contributed by atoms with E-state index < -0.39 is 11.0 Å². The molecule has 6 nitrogen and oxygen atoms in total. The van der Waals surface area contributed by atoms with Crippen molar-refractivity contribution in [1.82, 2.24) is 4.90 Å². The number of ether oxygens (including phenoxy) is 3. The second kappa shape index (κ2) is 8.07. The Morgan fingerprint density at radius 1 is 0.972 bits per heavy atom. The van der Waals surface area contributed by atoms with Crippen LogP contribution in [0, 0.1) is 11.3 Å². The lowest BCUT2D eigenvalue weighted by Gasteiger charge is -2.43. The molecular weight excluding hydrogens is 454 g/mol. The quantitative estimate of drug-likeness (QED) is 0.400. The molecule has 182 valence electrons. The summed E-state index contributed by atoms with van der Waals surface area (Å²) < 4.78 is 17.8. The van der Waals surface area contributed by atoms with Gasteiger partial charge in [-0.2, -0.15) is 0 Å². The van der Waals surface area contributed by atoms with Crippen LogP contribution in [0.25, 0.3) is 5.57 Å². The molecule has 3 aromatic carbocycles. The summed E-state index contributed by atoms with van der Waals surface area (Å²) in [5.74, 6) is -0.292. The van der Waals surface area contributed by atoms with E-state index in [-0.39, 0.29) is 30.4 Å². The summed E-state index contributed by atoms with van der Waals surface area (Å²) in [6.45, 7) is 4.63. The number of amides is 1. The summed E-state index contributed by atoms with van der Waals surface area (Å²) in [5, 5.41) is 0. The van der Waals surface area contributed by atoms with Gasteiger partial charge in [0, 0.05) is 30.1 Å². The smallest absolute Gasteiger partial charge is 0.317 e. The van der Waals surface area contributed by atoms with Gasteiger partial charge < -0.3 is 19.1 Å². The minimum Gasteiger partial charge on any atom is -0.496 e. The molecule has 0 saturated carbocycles. The van der Waals surface area contributed by atoms with Crippen molar-refractivity contribution >= 4 is 17.4 Å². The summed E-state index contributed by atoms with van der Waals surface area (Å²) >= 11 is 0. The molecule has 0 unspecified atom stereocenters. The predicted molar refractivity (Wildman–Crippen MR) is 134 cm³/mol. The first-order valence-corrected chi connectivity index (χ1v) is 12.0. The van der Waals surface area contributed by atoms with Gasteiger partial charge in [-0.25, -0.2) is 0 Å². The first-order valence-electron chi connectivity index (χ1n) is 12.0. The van der Waals surface area contributed by atoms with Crippen LogP contribution in [-0.2, 0) is 24.7 Å². The highest BCUT2D eigenvalue weighted by Crippen LogP contribution is 2.71. The number of esters is 1.